The lowest BCUT2D eigenvalue weighted by Crippen LogP contribution is -2.39. The molecule has 3 heteroatoms. The van der Waals surface area contributed by atoms with Crippen molar-refractivity contribution < 1.29 is 4.79 Å². The predicted molar refractivity (Wildman–Crippen MR) is 99.2 cm³/mol. The molecule has 1 fully saturated rings. The van der Waals surface area contributed by atoms with Crippen molar-refractivity contribution in [2.75, 3.05) is 26.7 Å². The molecule has 1 unspecified atom stereocenters. The Labute approximate surface area is 144 Å². The summed E-state index contributed by atoms with van der Waals surface area (Å²) in [4.78, 5) is 15.1. The van der Waals surface area contributed by atoms with E-state index in [0.29, 0.717) is 5.92 Å². The highest BCUT2D eigenvalue weighted by molar-refractivity contribution is 6.01. The molecule has 0 bridgehead atoms. The zero-order valence-electron chi connectivity index (χ0n) is 14.6. The van der Waals surface area contributed by atoms with Crippen LogP contribution < -0.4 is 5.32 Å². The number of nitrogens with one attached hydrogen (secondary N) is 1. The third-order valence-electron chi connectivity index (χ3n) is 4.88. The minimum Gasteiger partial charge on any atom is -0.352 e. The number of hydrogen-bond donors (Lipinski definition) is 1. The number of rotatable bonds is 4. The highest BCUT2D eigenvalue weighted by atomic mass is 16.1. The van der Waals surface area contributed by atoms with Gasteiger partial charge < -0.3 is 10.2 Å². The molecular formula is C21H26N2O. The largest absolute Gasteiger partial charge is 0.352 e. The first-order valence-electron chi connectivity index (χ1n) is 8.77. The third kappa shape index (κ3) is 3.85. The lowest BCUT2D eigenvalue weighted by molar-refractivity contribution is 0.0937. The fourth-order valence-electron chi connectivity index (χ4n) is 3.56. The van der Waals surface area contributed by atoms with Gasteiger partial charge in [-0.25, -0.2) is 0 Å². The zero-order valence-corrected chi connectivity index (χ0v) is 14.6. The van der Waals surface area contributed by atoms with Gasteiger partial charge in [0.15, 0.2) is 0 Å². The van der Waals surface area contributed by atoms with E-state index in [1.807, 2.05) is 36.4 Å². The molecule has 1 heterocycles. The molecule has 3 nitrogen and oxygen atoms in total. The molecule has 1 amide bonds. The monoisotopic (exact) mass is 322 g/mol. The molecule has 1 N–H and O–H groups in total. The van der Waals surface area contributed by atoms with Crippen LogP contribution in [0.25, 0.3) is 11.1 Å². The van der Waals surface area contributed by atoms with Crippen molar-refractivity contribution in [1.82, 2.24) is 10.2 Å². The number of likely N-dealkylation sites (tertiary alicyclic amines) is 1. The number of aryl methyl sites for hydroxylation is 1. The fraction of sp³-hybridized carbons (Fsp3) is 0.381. The minimum atomic E-state index is 0.0297. The van der Waals surface area contributed by atoms with Crippen molar-refractivity contribution in [3.63, 3.8) is 0 Å². The van der Waals surface area contributed by atoms with E-state index in [0.717, 1.165) is 29.8 Å². The highest BCUT2D eigenvalue weighted by Crippen LogP contribution is 2.26. The Bertz CT molecular complexity index is 710. The molecule has 2 aromatic rings. The van der Waals surface area contributed by atoms with Crippen LogP contribution >= 0.6 is 0 Å². The normalized spacial score (nSPS) is 18.3. The van der Waals surface area contributed by atoms with Crippen LogP contribution in [0.5, 0.6) is 0 Å². The van der Waals surface area contributed by atoms with E-state index in [-0.39, 0.29) is 5.91 Å². The van der Waals surface area contributed by atoms with E-state index in [1.54, 1.807) is 0 Å². The van der Waals surface area contributed by atoms with Gasteiger partial charge >= 0.3 is 0 Å². The summed E-state index contributed by atoms with van der Waals surface area (Å²) in [5.74, 6) is 0.584. The van der Waals surface area contributed by atoms with Crippen molar-refractivity contribution in [3.8, 4) is 11.1 Å². The van der Waals surface area contributed by atoms with Crippen LogP contribution in [0.2, 0.25) is 0 Å². The predicted octanol–water partition coefficient (Wildman–Crippen LogP) is 3.73. The van der Waals surface area contributed by atoms with Gasteiger partial charge in [0, 0.05) is 18.7 Å². The minimum absolute atomic E-state index is 0.0297. The molecule has 2 aromatic carbocycles. The topological polar surface area (TPSA) is 32.3 Å². The first-order valence-corrected chi connectivity index (χ1v) is 8.77. The van der Waals surface area contributed by atoms with Crippen molar-refractivity contribution >= 4 is 5.91 Å². The first-order chi connectivity index (χ1) is 11.6. The lowest BCUT2D eigenvalue weighted by Gasteiger charge is -2.29. The summed E-state index contributed by atoms with van der Waals surface area (Å²) in [5, 5.41) is 3.15. The summed E-state index contributed by atoms with van der Waals surface area (Å²) in [5.41, 5.74) is 4.08. The van der Waals surface area contributed by atoms with Crippen LogP contribution in [0.4, 0.5) is 0 Å². The smallest absolute Gasteiger partial charge is 0.251 e. The Kier molecular flexibility index (Phi) is 5.31. The summed E-state index contributed by atoms with van der Waals surface area (Å²) >= 11 is 0. The van der Waals surface area contributed by atoms with Gasteiger partial charge in [-0.3, -0.25) is 4.79 Å². The van der Waals surface area contributed by atoms with E-state index < -0.39 is 0 Å². The quantitative estimate of drug-likeness (QED) is 0.930. The molecular weight excluding hydrogens is 296 g/mol. The molecule has 1 aliphatic heterocycles. The maximum atomic E-state index is 12.7. The van der Waals surface area contributed by atoms with Gasteiger partial charge in [-0.05, 0) is 62.0 Å². The molecule has 24 heavy (non-hydrogen) atoms. The fourth-order valence-corrected chi connectivity index (χ4v) is 3.56. The van der Waals surface area contributed by atoms with Crippen LogP contribution in [0.1, 0.15) is 28.8 Å². The Hall–Kier alpha value is -2.13. The summed E-state index contributed by atoms with van der Waals surface area (Å²) < 4.78 is 0. The maximum absolute atomic E-state index is 12.7. The summed E-state index contributed by atoms with van der Waals surface area (Å²) in [6.45, 7) is 5.08. The zero-order chi connectivity index (χ0) is 16.9. The second-order valence-corrected chi connectivity index (χ2v) is 6.84. The van der Waals surface area contributed by atoms with Gasteiger partial charge in [-0.1, -0.05) is 42.5 Å². The Morgan fingerprint density at radius 1 is 1.12 bits per heavy atom. The molecule has 1 saturated heterocycles. The van der Waals surface area contributed by atoms with Gasteiger partial charge in [0.2, 0.25) is 0 Å². The number of benzene rings is 2. The van der Waals surface area contributed by atoms with Gasteiger partial charge in [0.25, 0.3) is 5.91 Å². The van der Waals surface area contributed by atoms with Crippen LogP contribution in [0, 0.1) is 12.8 Å². The average molecular weight is 322 g/mol. The summed E-state index contributed by atoms with van der Waals surface area (Å²) in [6.07, 6.45) is 2.42. The summed E-state index contributed by atoms with van der Waals surface area (Å²) in [7, 11) is 2.15. The van der Waals surface area contributed by atoms with E-state index >= 15 is 0 Å². The second kappa shape index (κ2) is 7.63. The van der Waals surface area contributed by atoms with Crippen molar-refractivity contribution in [3.05, 3.63) is 59.7 Å². The SMILES string of the molecule is Cc1ccccc1-c1ccccc1C(=O)NCC1CCCN(C)C1. The number of piperidine rings is 1. The first kappa shape index (κ1) is 16.7. The van der Waals surface area contributed by atoms with E-state index in [2.05, 4.69) is 36.3 Å². The lowest BCUT2D eigenvalue weighted by atomic mass is 9.95. The van der Waals surface area contributed by atoms with Gasteiger partial charge in [0.05, 0.1) is 0 Å². The molecule has 0 spiro atoms. The Morgan fingerprint density at radius 2 is 1.83 bits per heavy atom. The molecule has 0 saturated carbocycles. The number of hydrogen-bond acceptors (Lipinski definition) is 2. The molecule has 126 valence electrons. The highest BCUT2D eigenvalue weighted by Gasteiger charge is 2.19. The van der Waals surface area contributed by atoms with Gasteiger partial charge in [0.1, 0.15) is 0 Å². The molecule has 0 radical (unpaired) electrons. The van der Waals surface area contributed by atoms with Crippen LogP contribution in [-0.4, -0.2) is 37.5 Å². The molecule has 1 aliphatic rings. The maximum Gasteiger partial charge on any atom is 0.251 e. The molecule has 0 aromatic heterocycles. The third-order valence-corrected chi connectivity index (χ3v) is 4.88. The number of carbonyl (C=O) groups is 1. The second-order valence-electron chi connectivity index (χ2n) is 6.84. The van der Waals surface area contributed by atoms with Crippen molar-refractivity contribution in [2.24, 2.45) is 5.92 Å². The van der Waals surface area contributed by atoms with E-state index in [1.165, 1.54) is 24.9 Å². The van der Waals surface area contributed by atoms with Crippen molar-refractivity contribution in [1.29, 1.82) is 0 Å². The molecule has 1 atom stereocenters. The van der Waals surface area contributed by atoms with Gasteiger partial charge in [-0.15, -0.1) is 0 Å². The van der Waals surface area contributed by atoms with E-state index in [4.69, 9.17) is 0 Å². The van der Waals surface area contributed by atoms with Crippen LogP contribution in [0.3, 0.4) is 0 Å². The van der Waals surface area contributed by atoms with Crippen LogP contribution in [0.15, 0.2) is 48.5 Å². The number of amides is 1. The van der Waals surface area contributed by atoms with Gasteiger partial charge in [-0.2, -0.15) is 0 Å². The van der Waals surface area contributed by atoms with E-state index in [9.17, 15) is 4.79 Å². The molecule has 3 rings (SSSR count). The average Bonchev–Trinajstić information content (AvgIpc) is 2.60. The summed E-state index contributed by atoms with van der Waals surface area (Å²) in [6, 6.07) is 16.1. The number of nitrogens with zero attached hydrogens (tertiary/aromatic N) is 1. The Morgan fingerprint density at radius 3 is 2.58 bits per heavy atom. The van der Waals surface area contributed by atoms with Crippen LogP contribution in [-0.2, 0) is 0 Å². The standard InChI is InChI=1S/C21H26N2O/c1-16-8-3-4-10-18(16)19-11-5-6-12-20(19)21(24)22-14-17-9-7-13-23(2)15-17/h3-6,8,10-12,17H,7,9,13-15H2,1-2H3,(H,22,24). The number of carbonyl (C=O) groups excluding carboxylic acids is 1. The molecule has 0 aliphatic carbocycles. The Balaban J connectivity index is 1.75. The van der Waals surface area contributed by atoms with Crippen molar-refractivity contribution in [2.45, 2.75) is 19.8 Å².